The van der Waals surface area contributed by atoms with E-state index in [2.05, 4.69) is 18.7 Å². The largest absolute Gasteiger partial charge is 0.336 e. The van der Waals surface area contributed by atoms with E-state index in [4.69, 9.17) is 0 Å². The lowest BCUT2D eigenvalue weighted by Crippen LogP contribution is -2.50. The summed E-state index contributed by atoms with van der Waals surface area (Å²) >= 11 is 0. The summed E-state index contributed by atoms with van der Waals surface area (Å²) in [5.74, 6) is -0.311. The third-order valence-corrected chi connectivity index (χ3v) is 3.42. The van der Waals surface area contributed by atoms with Crippen molar-refractivity contribution in [1.82, 2.24) is 9.80 Å². The van der Waals surface area contributed by atoms with Crippen molar-refractivity contribution in [3.05, 3.63) is 35.6 Å². The predicted molar refractivity (Wildman–Crippen MR) is 69.0 cm³/mol. The second-order valence-electron chi connectivity index (χ2n) is 4.93. The van der Waals surface area contributed by atoms with Crippen LogP contribution >= 0.6 is 0 Å². The van der Waals surface area contributed by atoms with E-state index in [-0.39, 0.29) is 11.7 Å². The number of rotatable bonds is 2. The molecule has 1 fully saturated rings. The van der Waals surface area contributed by atoms with Gasteiger partial charge in [-0.1, -0.05) is 0 Å². The van der Waals surface area contributed by atoms with Gasteiger partial charge in [0.15, 0.2) is 0 Å². The normalized spacial score (nSPS) is 17.2. The number of benzene rings is 1. The molecule has 0 radical (unpaired) electrons. The first kappa shape index (κ1) is 13.0. The van der Waals surface area contributed by atoms with Crippen LogP contribution < -0.4 is 0 Å². The summed E-state index contributed by atoms with van der Waals surface area (Å²) in [6.45, 7) is 7.63. The Morgan fingerprint density at radius 3 is 2.17 bits per heavy atom. The molecule has 18 heavy (non-hydrogen) atoms. The molecule has 3 nitrogen and oxygen atoms in total. The molecule has 1 saturated heterocycles. The highest BCUT2D eigenvalue weighted by Gasteiger charge is 2.23. The van der Waals surface area contributed by atoms with E-state index in [0.717, 1.165) is 26.2 Å². The van der Waals surface area contributed by atoms with Crippen LogP contribution in [0.2, 0.25) is 0 Å². The van der Waals surface area contributed by atoms with Gasteiger partial charge in [0.1, 0.15) is 5.82 Å². The lowest BCUT2D eigenvalue weighted by molar-refractivity contribution is 0.0595. The summed E-state index contributed by atoms with van der Waals surface area (Å²) in [7, 11) is 0. The molecule has 0 atom stereocenters. The van der Waals surface area contributed by atoms with E-state index in [1.165, 1.54) is 12.1 Å². The molecule has 0 bridgehead atoms. The van der Waals surface area contributed by atoms with Gasteiger partial charge in [0.05, 0.1) is 0 Å². The number of hydrogen-bond acceptors (Lipinski definition) is 2. The van der Waals surface area contributed by atoms with E-state index in [0.29, 0.717) is 11.6 Å². The molecular weight excluding hydrogens is 231 g/mol. The van der Waals surface area contributed by atoms with Crippen LogP contribution in [0.25, 0.3) is 0 Å². The van der Waals surface area contributed by atoms with Crippen molar-refractivity contribution in [3.63, 3.8) is 0 Å². The lowest BCUT2D eigenvalue weighted by atomic mass is 10.1. The molecule has 0 unspecified atom stereocenters. The highest BCUT2D eigenvalue weighted by molar-refractivity contribution is 5.94. The van der Waals surface area contributed by atoms with Crippen LogP contribution in [0, 0.1) is 5.82 Å². The minimum atomic E-state index is -0.309. The third-order valence-electron chi connectivity index (χ3n) is 3.42. The summed E-state index contributed by atoms with van der Waals surface area (Å²) in [6.07, 6.45) is 0. The Morgan fingerprint density at radius 1 is 1.11 bits per heavy atom. The SMILES string of the molecule is CC(C)N1CCN(C(=O)c2ccc(F)cc2)CC1. The zero-order chi connectivity index (χ0) is 13.1. The highest BCUT2D eigenvalue weighted by Crippen LogP contribution is 2.11. The number of carbonyl (C=O) groups excluding carboxylic acids is 1. The van der Waals surface area contributed by atoms with Crippen molar-refractivity contribution in [2.75, 3.05) is 26.2 Å². The first-order chi connectivity index (χ1) is 8.58. The molecule has 1 aromatic carbocycles. The van der Waals surface area contributed by atoms with E-state index in [9.17, 15) is 9.18 Å². The zero-order valence-electron chi connectivity index (χ0n) is 10.9. The maximum Gasteiger partial charge on any atom is 0.253 e. The number of carbonyl (C=O) groups is 1. The zero-order valence-corrected chi connectivity index (χ0v) is 10.9. The maximum atomic E-state index is 12.8. The van der Waals surface area contributed by atoms with Crippen molar-refractivity contribution in [2.24, 2.45) is 0 Å². The van der Waals surface area contributed by atoms with E-state index in [1.54, 1.807) is 12.1 Å². The van der Waals surface area contributed by atoms with Gasteiger partial charge in [0.25, 0.3) is 5.91 Å². The molecule has 4 heteroatoms. The van der Waals surface area contributed by atoms with Gasteiger partial charge in [0.2, 0.25) is 0 Å². The number of amides is 1. The van der Waals surface area contributed by atoms with Crippen LogP contribution in [-0.4, -0.2) is 47.9 Å². The fourth-order valence-corrected chi connectivity index (χ4v) is 2.22. The molecule has 0 N–H and O–H groups in total. The van der Waals surface area contributed by atoms with Gasteiger partial charge in [-0.05, 0) is 38.1 Å². The number of nitrogens with zero attached hydrogens (tertiary/aromatic N) is 2. The number of halogens is 1. The van der Waals surface area contributed by atoms with Gasteiger partial charge >= 0.3 is 0 Å². The molecule has 0 aromatic heterocycles. The average Bonchev–Trinajstić information content (AvgIpc) is 2.39. The number of piperazine rings is 1. The summed E-state index contributed by atoms with van der Waals surface area (Å²) in [5.41, 5.74) is 0.564. The quantitative estimate of drug-likeness (QED) is 0.801. The molecule has 2 rings (SSSR count). The molecule has 1 aliphatic rings. The van der Waals surface area contributed by atoms with Crippen LogP contribution in [-0.2, 0) is 0 Å². The molecular formula is C14H19FN2O. The van der Waals surface area contributed by atoms with Crippen molar-refractivity contribution < 1.29 is 9.18 Å². The molecule has 98 valence electrons. The summed E-state index contributed by atoms with van der Waals surface area (Å²) in [5, 5.41) is 0. The second kappa shape index (κ2) is 5.48. The minimum Gasteiger partial charge on any atom is -0.336 e. The highest BCUT2D eigenvalue weighted by atomic mass is 19.1. The van der Waals surface area contributed by atoms with Crippen LogP contribution in [0.3, 0.4) is 0 Å². The van der Waals surface area contributed by atoms with E-state index < -0.39 is 0 Å². The fraction of sp³-hybridized carbons (Fsp3) is 0.500. The van der Waals surface area contributed by atoms with Crippen molar-refractivity contribution in [1.29, 1.82) is 0 Å². The second-order valence-corrected chi connectivity index (χ2v) is 4.93. The van der Waals surface area contributed by atoms with Gasteiger partial charge in [-0.2, -0.15) is 0 Å². The molecule has 1 aromatic rings. The third kappa shape index (κ3) is 2.88. The number of hydrogen-bond donors (Lipinski definition) is 0. The van der Waals surface area contributed by atoms with E-state index in [1.807, 2.05) is 4.90 Å². The molecule has 0 spiro atoms. The van der Waals surface area contributed by atoms with Crippen LogP contribution in [0.1, 0.15) is 24.2 Å². The summed E-state index contributed by atoms with van der Waals surface area (Å²) < 4.78 is 12.8. The molecule has 1 aliphatic heterocycles. The van der Waals surface area contributed by atoms with Crippen molar-refractivity contribution in [3.8, 4) is 0 Å². The van der Waals surface area contributed by atoms with E-state index >= 15 is 0 Å². The smallest absolute Gasteiger partial charge is 0.253 e. The van der Waals surface area contributed by atoms with Gasteiger partial charge in [-0.25, -0.2) is 4.39 Å². The van der Waals surface area contributed by atoms with Gasteiger partial charge in [0, 0.05) is 37.8 Å². The first-order valence-electron chi connectivity index (χ1n) is 6.37. The van der Waals surface area contributed by atoms with Crippen molar-refractivity contribution in [2.45, 2.75) is 19.9 Å². The fourth-order valence-electron chi connectivity index (χ4n) is 2.22. The lowest BCUT2D eigenvalue weighted by Gasteiger charge is -2.36. The monoisotopic (exact) mass is 250 g/mol. The average molecular weight is 250 g/mol. The standard InChI is InChI=1S/C14H19FN2O/c1-11(2)16-7-9-17(10-8-16)14(18)12-3-5-13(15)6-4-12/h3-6,11H,7-10H2,1-2H3. The minimum absolute atomic E-state index is 0.00148. The molecule has 0 aliphatic carbocycles. The summed E-state index contributed by atoms with van der Waals surface area (Å²) in [4.78, 5) is 16.4. The van der Waals surface area contributed by atoms with Gasteiger partial charge in [-0.3, -0.25) is 9.69 Å². The van der Waals surface area contributed by atoms with Gasteiger partial charge in [-0.15, -0.1) is 0 Å². The van der Waals surface area contributed by atoms with Crippen LogP contribution in [0.5, 0.6) is 0 Å². The Kier molecular flexibility index (Phi) is 3.97. The summed E-state index contributed by atoms with van der Waals surface area (Å²) in [6, 6.07) is 6.28. The van der Waals surface area contributed by atoms with Gasteiger partial charge < -0.3 is 4.90 Å². The maximum absolute atomic E-state index is 12.8. The Bertz CT molecular complexity index is 408. The van der Waals surface area contributed by atoms with Crippen LogP contribution in [0.15, 0.2) is 24.3 Å². The molecule has 0 saturated carbocycles. The molecule has 1 heterocycles. The Hall–Kier alpha value is -1.42. The van der Waals surface area contributed by atoms with Crippen LogP contribution in [0.4, 0.5) is 4.39 Å². The molecule has 1 amide bonds. The first-order valence-corrected chi connectivity index (χ1v) is 6.37. The Morgan fingerprint density at radius 2 is 1.67 bits per heavy atom. The topological polar surface area (TPSA) is 23.6 Å². The Labute approximate surface area is 107 Å². The predicted octanol–water partition coefficient (Wildman–Crippen LogP) is 1.99. The Balaban J connectivity index is 1.97. The van der Waals surface area contributed by atoms with Crippen molar-refractivity contribution >= 4 is 5.91 Å².